The maximum absolute atomic E-state index is 10.8. The van der Waals surface area contributed by atoms with Crippen molar-refractivity contribution in [2.45, 2.75) is 6.92 Å². The molecular formula is C6H12N2O2. The lowest BCUT2D eigenvalue weighted by molar-refractivity contribution is -0.118. The molecule has 0 saturated heterocycles. The van der Waals surface area contributed by atoms with Gasteiger partial charge in [-0.05, 0) is 6.92 Å². The fourth-order valence-corrected chi connectivity index (χ4v) is 0.481. The van der Waals surface area contributed by atoms with Crippen molar-refractivity contribution in [3.05, 3.63) is 11.8 Å². The highest BCUT2D eigenvalue weighted by Crippen LogP contribution is 1.86. The summed E-state index contributed by atoms with van der Waals surface area (Å²) in [5.41, 5.74) is 2.84. The van der Waals surface area contributed by atoms with E-state index < -0.39 is 0 Å². The summed E-state index contributed by atoms with van der Waals surface area (Å²) in [6, 6.07) is 0. The number of allylic oxidation sites excluding steroid dienone is 1. The van der Waals surface area contributed by atoms with Gasteiger partial charge in [-0.1, -0.05) is 6.08 Å². The molecule has 0 atom stereocenters. The van der Waals surface area contributed by atoms with E-state index in [1.807, 2.05) is 0 Å². The van der Waals surface area contributed by atoms with Crippen LogP contribution < -0.4 is 10.8 Å². The second kappa shape index (κ2) is 4.81. The zero-order valence-electron chi connectivity index (χ0n) is 6.39. The molecular weight excluding hydrogens is 132 g/mol. The Labute approximate surface area is 60.2 Å². The predicted molar refractivity (Wildman–Crippen MR) is 38.0 cm³/mol. The van der Waals surface area contributed by atoms with Crippen LogP contribution in [0, 0.1) is 0 Å². The molecule has 0 aliphatic heterocycles. The molecule has 10 heavy (non-hydrogen) atoms. The molecule has 0 spiro atoms. The number of likely N-dealkylation sites (N-methyl/N-ethyl adjacent to an activating group) is 1. The maximum atomic E-state index is 10.8. The lowest BCUT2D eigenvalue weighted by Crippen LogP contribution is -2.28. The molecule has 0 radical (unpaired) electrons. The Balaban J connectivity index is 3.95. The molecule has 0 heterocycles. The Morgan fingerprint density at radius 1 is 1.60 bits per heavy atom. The number of hydroxylamine groups is 1. The summed E-state index contributed by atoms with van der Waals surface area (Å²) < 4.78 is 0. The van der Waals surface area contributed by atoms with E-state index in [0.29, 0.717) is 5.70 Å². The van der Waals surface area contributed by atoms with Crippen LogP contribution in [0.3, 0.4) is 0 Å². The number of hydrogen-bond donors (Lipinski definition) is 2. The smallest absolute Gasteiger partial charge is 0.269 e. The largest absolute Gasteiger partial charge is 0.354 e. The van der Waals surface area contributed by atoms with E-state index in [4.69, 9.17) is 0 Å². The lowest BCUT2D eigenvalue weighted by Gasteiger charge is -2.04. The van der Waals surface area contributed by atoms with Crippen LogP contribution in [0.25, 0.3) is 0 Å². The van der Waals surface area contributed by atoms with Crippen molar-refractivity contribution in [2.24, 2.45) is 0 Å². The standard InChI is InChI=1S/C6H12N2O2/c1-4-5(8-10-3)6(9)7-2/h4,8H,1-3H3,(H,7,9). The molecule has 2 N–H and O–H groups in total. The van der Waals surface area contributed by atoms with E-state index in [1.54, 1.807) is 20.0 Å². The van der Waals surface area contributed by atoms with Crippen molar-refractivity contribution in [1.29, 1.82) is 0 Å². The van der Waals surface area contributed by atoms with Gasteiger partial charge in [-0.3, -0.25) is 15.1 Å². The van der Waals surface area contributed by atoms with Gasteiger partial charge in [-0.2, -0.15) is 0 Å². The summed E-state index contributed by atoms with van der Waals surface area (Å²) >= 11 is 0. The predicted octanol–water partition coefficient (Wildman–Crippen LogP) is -0.213. The van der Waals surface area contributed by atoms with E-state index in [1.165, 1.54) is 7.11 Å². The highest BCUT2D eigenvalue weighted by Gasteiger charge is 2.02. The fourth-order valence-electron chi connectivity index (χ4n) is 0.481. The van der Waals surface area contributed by atoms with E-state index in [-0.39, 0.29) is 5.91 Å². The summed E-state index contributed by atoms with van der Waals surface area (Å²) in [4.78, 5) is 15.3. The molecule has 0 aromatic carbocycles. The number of amides is 1. The van der Waals surface area contributed by atoms with Crippen LogP contribution in [0.4, 0.5) is 0 Å². The van der Waals surface area contributed by atoms with Gasteiger partial charge in [0, 0.05) is 7.05 Å². The summed E-state index contributed by atoms with van der Waals surface area (Å²) in [5, 5.41) is 2.45. The zero-order chi connectivity index (χ0) is 7.98. The average molecular weight is 144 g/mol. The molecule has 58 valence electrons. The summed E-state index contributed by atoms with van der Waals surface area (Å²) in [7, 11) is 3.01. The molecule has 0 rings (SSSR count). The van der Waals surface area contributed by atoms with Crippen LogP contribution in [0.15, 0.2) is 11.8 Å². The first-order valence-electron chi connectivity index (χ1n) is 2.93. The second-order valence-corrected chi connectivity index (χ2v) is 1.59. The first-order chi connectivity index (χ1) is 4.76. The molecule has 0 aliphatic carbocycles. The molecule has 4 heteroatoms. The Hall–Kier alpha value is -1.03. The summed E-state index contributed by atoms with van der Waals surface area (Å²) in [5.74, 6) is -0.190. The quantitative estimate of drug-likeness (QED) is 0.425. The summed E-state index contributed by atoms with van der Waals surface area (Å²) in [6.45, 7) is 1.75. The minimum Gasteiger partial charge on any atom is -0.354 e. The molecule has 0 aromatic rings. The first-order valence-corrected chi connectivity index (χ1v) is 2.93. The lowest BCUT2D eigenvalue weighted by atomic mass is 10.4. The molecule has 0 fully saturated rings. The Morgan fingerprint density at radius 3 is 2.50 bits per heavy atom. The number of rotatable bonds is 3. The van der Waals surface area contributed by atoms with Crippen molar-refractivity contribution >= 4 is 5.91 Å². The van der Waals surface area contributed by atoms with Crippen LogP contribution in [-0.2, 0) is 9.63 Å². The van der Waals surface area contributed by atoms with Gasteiger partial charge in [-0.25, -0.2) is 0 Å². The molecule has 0 aliphatic rings. The van der Waals surface area contributed by atoms with Gasteiger partial charge < -0.3 is 5.32 Å². The molecule has 0 bridgehead atoms. The van der Waals surface area contributed by atoms with Gasteiger partial charge in [0.2, 0.25) is 0 Å². The van der Waals surface area contributed by atoms with Crippen LogP contribution in [0.1, 0.15) is 6.92 Å². The zero-order valence-corrected chi connectivity index (χ0v) is 6.39. The van der Waals surface area contributed by atoms with E-state index in [9.17, 15) is 4.79 Å². The van der Waals surface area contributed by atoms with Crippen molar-refractivity contribution in [3.8, 4) is 0 Å². The van der Waals surface area contributed by atoms with Gasteiger partial charge in [0.05, 0.1) is 7.11 Å². The third-order valence-corrected chi connectivity index (χ3v) is 0.972. The highest BCUT2D eigenvalue weighted by molar-refractivity contribution is 5.92. The van der Waals surface area contributed by atoms with Crippen molar-refractivity contribution in [1.82, 2.24) is 10.8 Å². The maximum Gasteiger partial charge on any atom is 0.269 e. The van der Waals surface area contributed by atoms with Crippen LogP contribution >= 0.6 is 0 Å². The highest BCUT2D eigenvalue weighted by atomic mass is 16.6. The van der Waals surface area contributed by atoms with E-state index >= 15 is 0 Å². The van der Waals surface area contributed by atoms with Gasteiger partial charge in [0.1, 0.15) is 5.70 Å². The Bertz CT molecular complexity index is 143. The monoisotopic (exact) mass is 144 g/mol. The van der Waals surface area contributed by atoms with Crippen molar-refractivity contribution in [3.63, 3.8) is 0 Å². The summed E-state index contributed by atoms with van der Waals surface area (Å²) in [6.07, 6.45) is 1.63. The molecule has 4 nitrogen and oxygen atoms in total. The van der Waals surface area contributed by atoms with E-state index in [2.05, 4.69) is 15.6 Å². The third kappa shape index (κ3) is 2.50. The number of hydrogen-bond acceptors (Lipinski definition) is 3. The van der Waals surface area contributed by atoms with Crippen LogP contribution in [-0.4, -0.2) is 20.1 Å². The van der Waals surface area contributed by atoms with Crippen LogP contribution in [0.5, 0.6) is 0 Å². The minimum absolute atomic E-state index is 0.190. The minimum atomic E-state index is -0.190. The first kappa shape index (κ1) is 8.97. The number of carbonyl (C=O) groups is 1. The van der Waals surface area contributed by atoms with E-state index in [0.717, 1.165) is 0 Å². The van der Waals surface area contributed by atoms with Gasteiger partial charge in [0.15, 0.2) is 0 Å². The topological polar surface area (TPSA) is 50.4 Å². The molecule has 0 aromatic heterocycles. The SMILES string of the molecule is CC=C(NOC)C(=O)NC. The third-order valence-electron chi connectivity index (χ3n) is 0.972. The normalized spacial score (nSPS) is 10.9. The average Bonchev–Trinajstić information content (AvgIpc) is 1.99. The molecule has 0 saturated carbocycles. The number of carbonyl (C=O) groups excluding carboxylic acids is 1. The Morgan fingerprint density at radius 2 is 2.20 bits per heavy atom. The van der Waals surface area contributed by atoms with Gasteiger partial charge in [-0.15, -0.1) is 0 Å². The van der Waals surface area contributed by atoms with Crippen molar-refractivity contribution < 1.29 is 9.63 Å². The van der Waals surface area contributed by atoms with Gasteiger partial charge >= 0.3 is 0 Å². The molecule has 1 amide bonds. The Kier molecular flexibility index (Phi) is 4.32. The second-order valence-electron chi connectivity index (χ2n) is 1.59. The van der Waals surface area contributed by atoms with Crippen LogP contribution in [0.2, 0.25) is 0 Å². The fraction of sp³-hybridized carbons (Fsp3) is 0.500. The number of nitrogens with one attached hydrogen (secondary N) is 2. The van der Waals surface area contributed by atoms with Gasteiger partial charge in [0.25, 0.3) is 5.91 Å². The van der Waals surface area contributed by atoms with Crippen molar-refractivity contribution in [2.75, 3.05) is 14.2 Å². The molecule has 0 unspecified atom stereocenters.